The lowest BCUT2D eigenvalue weighted by atomic mass is 9.73. The van der Waals surface area contributed by atoms with E-state index in [1.165, 1.54) is 12.1 Å². The van der Waals surface area contributed by atoms with Gasteiger partial charge < -0.3 is 4.42 Å². The third kappa shape index (κ3) is 2.23. The molecule has 1 aliphatic carbocycles. The molecule has 24 heavy (non-hydrogen) atoms. The van der Waals surface area contributed by atoms with E-state index in [1.807, 2.05) is 4.90 Å². The molecule has 0 N–H and O–H groups in total. The van der Waals surface area contributed by atoms with E-state index in [0.29, 0.717) is 24.2 Å². The number of hydrogen-bond donors (Lipinski definition) is 0. The van der Waals surface area contributed by atoms with Gasteiger partial charge in [-0.05, 0) is 24.8 Å². The van der Waals surface area contributed by atoms with E-state index in [9.17, 15) is 17.6 Å². The van der Waals surface area contributed by atoms with Crippen LogP contribution in [-0.4, -0.2) is 21.6 Å². The number of fused-ring (bicyclic) bond motifs is 1. The average Bonchev–Trinajstić information content (AvgIpc) is 3.11. The molecule has 5 rings (SSSR count). The first kappa shape index (κ1) is 15.6. The molecule has 3 aliphatic rings. The Morgan fingerprint density at radius 2 is 2.04 bits per heavy atom. The largest absolute Gasteiger partial charge is 0.424 e. The fraction of sp³-hybridized carbons (Fsp3) is 0.500. The standard InChI is InChI=1S/C16H15F4N3O/c1-9-21-22-14(24-9)15-5-10(6-15)7-23(15)8-11-3-2-4-12(13(11)17)16(18,19)20/h2-4,10H,5-8H2,1H3. The van der Waals surface area contributed by atoms with Crippen LogP contribution in [0.15, 0.2) is 22.6 Å². The predicted molar refractivity (Wildman–Crippen MR) is 75.2 cm³/mol. The summed E-state index contributed by atoms with van der Waals surface area (Å²) in [5, 5.41) is 7.92. The number of benzene rings is 1. The summed E-state index contributed by atoms with van der Waals surface area (Å²) < 4.78 is 58.5. The molecule has 0 spiro atoms. The van der Waals surface area contributed by atoms with Crippen molar-refractivity contribution in [1.29, 1.82) is 0 Å². The summed E-state index contributed by atoms with van der Waals surface area (Å²) >= 11 is 0. The SMILES string of the molecule is Cc1nnc(C23CC(CN2Cc2cccc(C(F)(F)F)c2F)C3)o1. The summed E-state index contributed by atoms with van der Waals surface area (Å²) in [7, 11) is 0. The molecule has 0 atom stereocenters. The van der Waals surface area contributed by atoms with Gasteiger partial charge in [-0.3, -0.25) is 4.90 Å². The molecule has 2 bridgehead atoms. The lowest BCUT2D eigenvalue weighted by Gasteiger charge is -2.39. The number of nitrogens with zero attached hydrogens (tertiary/aromatic N) is 3. The van der Waals surface area contributed by atoms with Gasteiger partial charge in [0, 0.05) is 25.6 Å². The highest BCUT2D eigenvalue weighted by Gasteiger charge is 2.60. The van der Waals surface area contributed by atoms with Crippen LogP contribution in [0.1, 0.15) is 35.7 Å². The monoisotopic (exact) mass is 341 g/mol. The minimum Gasteiger partial charge on any atom is -0.424 e. The van der Waals surface area contributed by atoms with Gasteiger partial charge in [0.15, 0.2) is 0 Å². The van der Waals surface area contributed by atoms with Gasteiger partial charge in [0.1, 0.15) is 11.4 Å². The Labute approximate surface area is 135 Å². The Morgan fingerprint density at radius 3 is 2.67 bits per heavy atom. The predicted octanol–water partition coefficient (Wildman–Crippen LogP) is 3.66. The molecule has 4 nitrogen and oxygen atoms in total. The lowest BCUT2D eigenvalue weighted by molar-refractivity contribution is -0.140. The fourth-order valence-electron chi connectivity index (χ4n) is 3.91. The van der Waals surface area contributed by atoms with Crippen LogP contribution in [-0.2, 0) is 18.3 Å². The fourth-order valence-corrected chi connectivity index (χ4v) is 3.91. The van der Waals surface area contributed by atoms with Crippen molar-refractivity contribution >= 4 is 0 Å². The van der Waals surface area contributed by atoms with Crippen molar-refractivity contribution in [2.45, 2.75) is 38.0 Å². The molecule has 3 heterocycles. The molecular formula is C16H15F4N3O. The number of aryl methyl sites for hydroxylation is 1. The van der Waals surface area contributed by atoms with Crippen molar-refractivity contribution in [1.82, 2.24) is 15.1 Å². The molecule has 1 aromatic carbocycles. The molecule has 128 valence electrons. The van der Waals surface area contributed by atoms with Crippen molar-refractivity contribution in [2.75, 3.05) is 6.54 Å². The van der Waals surface area contributed by atoms with Gasteiger partial charge in [-0.15, -0.1) is 10.2 Å². The van der Waals surface area contributed by atoms with Crippen molar-refractivity contribution in [3.05, 3.63) is 46.9 Å². The first-order valence-electron chi connectivity index (χ1n) is 7.70. The number of aromatic nitrogens is 2. The Kier molecular flexibility index (Phi) is 3.25. The molecule has 1 saturated carbocycles. The third-order valence-corrected chi connectivity index (χ3v) is 5.01. The van der Waals surface area contributed by atoms with E-state index in [0.717, 1.165) is 18.9 Å². The topological polar surface area (TPSA) is 42.2 Å². The van der Waals surface area contributed by atoms with Crippen molar-refractivity contribution < 1.29 is 22.0 Å². The summed E-state index contributed by atoms with van der Waals surface area (Å²) in [5.74, 6) is 0.151. The number of rotatable bonds is 3. The second-order valence-electron chi connectivity index (χ2n) is 6.59. The Bertz CT molecular complexity index is 780. The zero-order chi connectivity index (χ0) is 17.1. The number of alkyl halides is 3. The molecular weight excluding hydrogens is 326 g/mol. The second kappa shape index (κ2) is 5.02. The van der Waals surface area contributed by atoms with E-state index in [1.54, 1.807) is 6.92 Å². The molecule has 0 unspecified atom stereocenters. The molecule has 8 heteroatoms. The van der Waals surface area contributed by atoms with Gasteiger partial charge >= 0.3 is 6.18 Å². The number of hydrogen-bond acceptors (Lipinski definition) is 4. The summed E-state index contributed by atoms with van der Waals surface area (Å²) in [5.41, 5.74) is -1.66. The van der Waals surface area contributed by atoms with Crippen LogP contribution in [0, 0.1) is 18.7 Å². The normalized spacial score (nSPS) is 26.6. The molecule has 1 aromatic heterocycles. The van der Waals surface area contributed by atoms with Gasteiger partial charge in [-0.2, -0.15) is 13.2 Å². The Balaban J connectivity index is 1.64. The average molecular weight is 341 g/mol. The molecule has 0 amide bonds. The smallest absolute Gasteiger partial charge is 0.419 e. The Morgan fingerprint density at radius 1 is 1.29 bits per heavy atom. The van der Waals surface area contributed by atoms with Crippen LogP contribution in [0.25, 0.3) is 0 Å². The van der Waals surface area contributed by atoms with Crippen LogP contribution in [0.4, 0.5) is 17.6 Å². The van der Waals surface area contributed by atoms with Gasteiger partial charge in [0.2, 0.25) is 11.8 Å². The minimum absolute atomic E-state index is 0.0352. The molecule has 2 saturated heterocycles. The first-order chi connectivity index (χ1) is 11.3. The summed E-state index contributed by atoms with van der Waals surface area (Å²) in [4.78, 5) is 1.96. The summed E-state index contributed by atoms with van der Waals surface area (Å²) in [6.45, 7) is 2.47. The first-order valence-corrected chi connectivity index (χ1v) is 7.70. The summed E-state index contributed by atoms with van der Waals surface area (Å²) in [6.07, 6.45) is -3.07. The van der Waals surface area contributed by atoms with Gasteiger partial charge in [0.05, 0.1) is 5.56 Å². The van der Waals surface area contributed by atoms with Gasteiger partial charge in [-0.25, -0.2) is 4.39 Å². The summed E-state index contributed by atoms with van der Waals surface area (Å²) in [6, 6.07) is 3.40. The maximum absolute atomic E-state index is 14.3. The minimum atomic E-state index is -4.70. The van der Waals surface area contributed by atoms with Crippen molar-refractivity contribution in [2.24, 2.45) is 5.92 Å². The molecule has 2 aliphatic heterocycles. The van der Waals surface area contributed by atoms with E-state index in [-0.39, 0.29) is 12.1 Å². The highest BCUT2D eigenvalue weighted by molar-refractivity contribution is 5.29. The highest BCUT2D eigenvalue weighted by Crippen LogP contribution is 2.57. The zero-order valence-corrected chi connectivity index (χ0v) is 12.9. The van der Waals surface area contributed by atoms with E-state index < -0.39 is 23.1 Å². The maximum atomic E-state index is 14.3. The van der Waals surface area contributed by atoms with Crippen LogP contribution in [0.2, 0.25) is 0 Å². The van der Waals surface area contributed by atoms with Crippen LogP contribution >= 0.6 is 0 Å². The molecule has 3 fully saturated rings. The van der Waals surface area contributed by atoms with Crippen molar-refractivity contribution in [3.8, 4) is 0 Å². The van der Waals surface area contributed by atoms with Crippen LogP contribution in [0.5, 0.6) is 0 Å². The van der Waals surface area contributed by atoms with Crippen LogP contribution in [0.3, 0.4) is 0 Å². The van der Waals surface area contributed by atoms with Gasteiger partial charge in [0.25, 0.3) is 0 Å². The van der Waals surface area contributed by atoms with E-state index in [4.69, 9.17) is 4.42 Å². The molecule has 2 aromatic rings. The third-order valence-electron chi connectivity index (χ3n) is 5.01. The van der Waals surface area contributed by atoms with E-state index >= 15 is 0 Å². The Hall–Kier alpha value is -1.96. The van der Waals surface area contributed by atoms with Gasteiger partial charge in [-0.1, -0.05) is 12.1 Å². The zero-order valence-electron chi connectivity index (χ0n) is 12.9. The maximum Gasteiger partial charge on any atom is 0.419 e. The second-order valence-corrected chi connectivity index (χ2v) is 6.59. The quantitative estimate of drug-likeness (QED) is 0.799. The highest BCUT2D eigenvalue weighted by atomic mass is 19.4. The van der Waals surface area contributed by atoms with E-state index in [2.05, 4.69) is 10.2 Å². The molecule has 0 radical (unpaired) electrons. The van der Waals surface area contributed by atoms with Crippen molar-refractivity contribution in [3.63, 3.8) is 0 Å². The van der Waals surface area contributed by atoms with Crippen LogP contribution < -0.4 is 0 Å². The number of halogens is 4. The lowest BCUT2D eigenvalue weighted by Crippen LogP contribution is -2.43.